The van der Waals surface area contributed by atoms with Gasteiger partial charge in [0.2, 0.25) is 5.91 Å². The summed E-state index contributed by atoms with van der Waals surface area (Å²) in [5.41, 5.74) is 0.568. The first-order valence-corrected chi connectivity index (χ1v) is 7.57. The molecule has 0 aliphatic carbocycles. The van der Waals surface area contributed by atoms with E-state index in [9.17, 15) is 18.0 Å². The molecule has 21 heavy (non-hydrogen) atoms. The van der Waals surface area contributed by atoms with Crippen molar-refractivity contribution in [2.45, 2.75) is 18.5 Å². The summed E-state index contributed by atoms with van der Waals surface area (Å²) >= 11 is 0. The van der Waals surface area contributed by atoms with Gasteiger partial charge in [-0.05, 0) is 12.5 Å². The fraction of sp³-hybridized carbons (Fsp3) is 0.364. The quantitative estimate of drug-likeness (QED) is 0.421. The van der Waals surface area contributed by atoms with Crippen molar-refractivity contribution in [3.05, 3.63) is 24.3 Å². The van der Waals surface area contributed by atoms with Crippen molar-refractivity contribution < 1.29 is 22.6 Å². The molecule has 9 nitrogen and oxygen atoms in total. The molecule has 0 radical (unpaired) electrons. The lowest BCUT2D eigenvalue weighted by molar-refractivity contribution is -0.149. The van der Waals surface area contributed by atoms with Gasteiger partial charge in [-0.3, -0.25) is 14.1 Å². The second kappa shape index (κ2) is 4.67. The van der Waals surface area contributed by atoms with Gasteiger partial charge < -0.3 is 9.88 Å². The largest absolute Gasteiger partial charge is 0.362 e. The Bertz CT molecular complexity index is 711. The average molecular weight is 312 g/mol. The molecule has 2 unspecified atom stereocenters. The zero-order chi connectivity index (χ0) is 15.2. The van der Waals surface area contributed by atoms with E-state index < -0.39 is 34.2 Å². The Hall–Kier alpha value is -2.20. The Balaban J connectivity index is 1.72. The molecule has 2 amide bonds. The summed E-state index contributed by atoms with van der Waals surface area (Å²) in [6.45, 7) is 0.261. The number of H-pyrrole nitrogens is 1. The molecule has 0 spiro atoms. The van der Waals surface area contributed by atoms with Crippen LogP contribution in [0.4, 0.5) is 0 Å². The molecule has 0 bridgehead atoms. The molecule has 1 aromatic heterocycles. The van der Waals surface area contributed by atoms with E-state index in [1.165, 1.54) is 23.4 Å². The zero-order valence-electron chi connectivity index (χ0n) is 10.7. The molecule has 10 heteroatoms. The lowest BCUT2D eigenvalue weighted by Gasteiger charge is -2.42. The summed E-state index contributed by atoms with van der Waals surface area (Å²) in [5.74, 6) is -1.17. The van der Waals surface area contributed by atoms with Crippen LogP contribution < -0.4 is 0 Å². The van der Waals surface area contributed by atoms with Crippen molar-refractivity contribution in [2.24, 2.45) is 0 Å². The fourth-order valence-corrected chi connectivity index (χ4v) is 3.58. The number of β-lactam (4-membered cyclic amide) rings is 1. The van der Waals surface area contributed by atoms with Gasteiger partial charge in [-0.15, -0.1) is 0 Å². The maximum Gasteiger partial charge on any atom is 0.362 e. The number of carbonyl (C=O) groups is 2. The number of fused-ring (bicyclic) bond motifs is 1. The molecular formula is C11H12N4O5S. The third-order valence-corrected chi connectivity index (χ3v) is 4.53. The molecule has 2 aliphatic heterocycles. The molecule has 112 valence electrons. The predicted molar refractivity (Wildman–Crippen MR) is 69.9 cm³/mol. The van der Waals surface area contributed by atoms with Gasteiger partial charge in [-0.2, -0.15) is 8.42 Å². The zero-order valence-corrected chi connectivity index (χ0v) is 11.5. The number of imidazole rings is 1. The minimum atomic E-state index is -4.55. The summed E-state index contributed by atoms with van der Waals surface area (Å²) in [5, 5.41) is 0. The lowest BCUT2D eigenvalue weighted by Crippen LogP contribution is -2.68. The van der Waals surface area contributed by atoms with E-state index in [4.69, 9.17) is 4.55 Å². The van der Waals surface area contributed by atoms with E-state index in [1.807, 2.05) is 0 Å². The molecule has 2 atom stereocenters. The standard InChI is InChI=1S/C11H12N4O5S/c16-9(2-1-7-5-12-6-13-7)14-4-3-8-10(14)11(17)15(8)21(18,19)20/h1-2,5-6,8,10H,3-4H2,(H,12,13)(H,18,19,20)/b2-1+. The number of aromatic nitrogens is 2. The van der Waals surface area contributed by atoms with Gasteiger partial charge in [0.05, 0.1) is 18.1 Å². The van der Waals surface area contributed by atoms with Crippen LogP contribution in [-0.2, 0) is 19.9 Å². The van der Waals surface area contributed by atoms with Gasteiger partial charge >= 0.3 is 10.3 Å². The summed E-state index contributed by atoms with van der Waals surface area (Å²) < 4.78 is 31.5. The van der Waals surface area contributed by atoms with Crippen molar-refractivity contribution in [1.82, 2.24) is 19.2 Å². The number of hydrogen-bond donors (Lipinski definition) is 2. The van der Waals surface area contributed by atoms with Crippen LogP contribution in [0.1, 0.15) is 12.1 Å². The van der Waals surface area contributed by atoms with Crippen LogP contribution >= 0.6 is 0 Å². The van der Waals surface area contributed by atoms with Crippen LogP contribution in [0.25, 0.3) is 6.08 Å². The maximum atomic E-state index is 12.1. The number of hydrogen-bond acceptors (Lipinski definition) is 5. The second-order valence-corrected chi connectivity index (χ2v) is 6.06. The molecule has 3 heterocycles. The smallest absolute Gasteiger partial charge is 0.351 e. The predicted octanol–water partition coefficient (Wildman–Crippen LogP) is -0.963. The number of likely N-dealkylation sites (tertiary alicyclic amines) is 1. The van der Waals surface area contributed by atoms with Crippen LogP contribution in [0, 0.1) is 0 Å². The van der Waals surface area contributed by atoms with Crippen molar-refractivity contribution in [3.8, 4) is 0 Å². The number of nitrogens with zero attached hydrogens (tertiary/aromatic N) is 3. The summed E-state index contributed by atoms with van der Waals surface area (Å²) in [4.78, 5) is 31.8. The molecular weight excluding hydrogens is 300 g/mol. The van der Waals surface area contributed by atoms with Gasteiger partial charge in [0.25, 0.3) is 5.91 Å². The molecule has 0 aromatic carbocycles. The maximum absolute atomic E-state index is 12.1. The highest BCUT2D eigenvalue weighted by atomic mass is 32.2. The average Bonchev–Trinajstić information content (AvgIpc) is 3.00. The summed E-state index contributed by atoms with van der Waals surface area (Å²) in [7, 11) is -4.55. The Morgan fingerprint density at radius 3 is 2.90 bits per heavy atom. The number of aromatic amines is 1. The van der Waals surface area contributed by atoms with Crippen LogP contribution in [0.15, 0.2) is 18.6 Å². The van der Waals surface area contributed by atoms with Crippen LogP contribution in [0.2, 0.25) is 0 Å². The van der Waals surface area contributed by atoms with E-state index in [1.54, 1.807) is 6.20 Å². The lowest BCUT2D eigenvalue weighted by atomic mass is 10.0. The molecule has 0 saturated carbocycles. The molecule has 2 N–H and O–H groups in total. The minimum absolute atomic E-state index is 0.261. The minimum Gasteiger partial charge on any atom is -0.351 e. The summed E-state index contributed by atoms with van der Waals surface area (Å²) in [6, 6.07) is -1.49. The first-order chi connectivity index (χ1) is 9.89. The number of carbonyl (C=O) groups excluding carboxylic acids is 2. The molecule has 1 aromatic rings. The van der Waals surface area contributed by atoms with Gasteiger partial charge in [0.1, 0.15) is 6.04 Å². The SMILES string of the molecule is O=C(/C=C/c1c[nH]cn1)N1CCC2C1C(=O)N2S(=O)(=O)O. The van der Waals surface area contributed by atoms with Gasteiger partial charge in [-0.1, -0.05) is 0 Å². The second-order valence-electron chi connectivity index (χ2n) is 4.77. The monoisotopic (exact) mass is 312 g/mol. The third kappa shape index (κ3) is 2.21. The number of amides is 2. The first-order valence-electron chi connectivity index (χ1n) is 6.18. The Morgan fingerprint density at radius 1 is 1.52 bits per heavy atom. The van der Waals surface area contributed by atoms with Gasteiger partial charge in [0.15, 0.2) is 0 Å². The Labute approximate surface area is 120 Å². The first kappa shape index (κ1) is 13.8. The van der Waals surface area contributed by atoms with E-state index in [-0.39, 0.29) is 6.54 Å². The normalized spacial score (nSPS) is 25.3. The van der Waals surface area contributed by atoms with Crippen molar-refractivity contribution in [1.29, 1.82) is 0 Å². The van der Waals surface area contributed by atoms with Crippen LogP contribution in [0.5, 0.6) is 0 Å². The van der Waals surface area contributed by atoms with Crippen LogP contribution in [-0.4, -0.2) is 62.6 Å². The highest BCUT2D eigenvalue weighted by Crippen LogP contribution is 2.35. The van der Waals surface area contributed by atoms with E-state index in [0.29, 0.717) is 16.4 Å². The van der Waals surface area contributed by atoms with E-state index in [2.05, 4.69) is 9.97 Å². The third-order valence-electron chi connectivity index (χ3n) is 3.59. The molecule has 3 rings (SSSR count). The van der Waals surface area contributed by atoms with Gasteiger partial charge in [0, 0.05) is 18.8 Å². The van der Waals surface area contributed by atoms with Crippen molar-refractivity contribution in [2.75, 3.05) is 6.54 Å². The van der Waals surface area contributed by atoms with Crippen molar-refractivity contribution in [3.63, 3.8) is 0 Å². The molecule has 2 aliphatic rings. The van der Waals surface area contributed by atoms with Crippen LogP contribution in [0.3, 0.4) is 0 Å². The topological polar surface area (TPSA) is 124 Å². The fourth-order valence-electron chi connectivity index (χ4n) is 2.68. The summed E-state index contributed by atoms with van der Waals surface area (Å²) in [6.07, 6.45) is 6.16. The number of nitrogens with one attached hydrogen (secondary N) is 1. The Morgan fingerprint density at radius 2 is 2.29 bits per heavy atom. The highest BCUT2D eigenvalue weighted by Gasteiger charge is 2.59. The van der Waals surface area contributed by atoms with E-state index >= 15 is 0 Å². The highest BCUT2D eigenvalue weighted by molar-refractivity contribution is 7.84. The molecule has 2 saturated heterocycles. The Kier molecular flexibility index (Phi) is 3.06. The van der Waals surface area contributed by atoms with Gasteiger partial charge in [-0.25, -0.2) is 9.29 Å². The van der Waals surface area contributed by atoms with Crippen molar-refractivity contribution >= 4 is 28.2 Å². The van der Waals surface area contributed by atoms with E-state index in [0.717, 1.165) is 0 Å². The molecule has 2 fully saturated rings. The number of rotatable bonds is 3.